The van der Waals surface area contributed by atoms with Gasteiger partial charge in [-0.05, 0) is 42.2 Å². The molecule has 0 N–H and O–H groups in total. The van der Waals surface area contributed by atoms with E-state index in [1.807, 2.05) is 41.1 Å². The van der Waals surface area contributed by atoms with Gasteiger partial charge in [-0.15, -0.1) is 28.5 Å². The van der Waals surface area contributed by atoms with Crippen molar-refractivity contribution in [3.63, 3.8) is 0 Å². The second kappa shape index (κ2) is 9.06. The molecule has 0 saturated heterocycles. The van der Waals surface area contributed by atoms with Crippen molar-refractivity contribution in [3.8, 4) is 28.4 Å². The third kappa shape index (κ3) is 5.23. The van der Waals surface area contributed by atoms with E-state index >= 15 is 0 Å². The number of hydrogen-bond donors (Lipinski definition) is 0. The van der Waals surface area contributed by atoms with Gasteiger partial charge in [0.1, 0.15) is 11.4 Å². The van der Waals surface area contributed by atoms with Crippen LogP contribution in [0.15, 0.2) is 59.1 Å². The lowest BCUT2D eigenvalue weighted by atomic mass is 10.1. The van der Waals surface area contributed by atoms with Crippen molar-refractivity contribution in [1.82, 2.24) is 24.4 Å². The third-order valence-corrected chi connectivity index (χ3v) is 5.88. The summed E-state index contributed by atoms with van der Waals surface area (Å²) in [5.74, 6) is 1.04. The molecular formula is C20H16F3N5OS2. The molecule has 4 aromatic rings. The number of hydrogen-bond acceptors (Lipinski definition) is 7. The lowest BCUT2D eigenvalue weighted by Gasteiger charge is -2.10. The predicted molar refractivity (Wildman–Crippen MR) is 113 cm³/mol. The second-order valence-corrected chi connectivity index (χ2v) is 7.95. The summed E-state index contributed by atoms with van der Waals surface area (Å²) in [5, 5.41) is 15.4. The Balaban J connectivity index is 1.50. The fraction of sp³-hybridized carbons (Fsp3) is 0.200. The van der Waals surface area contributed by atoms with Crippen LogP contribution in [0, 0.1) is 0 Å². The van der Waals surface area contributed by atoms with Gasteiger partial charge in [-0.1, -0.05) is 46.6 Å². The normalized spacial score (nSPS) is 11.6. The number of aromatic nitrogens is 5. The van der Waals surface area contributed by atoms with Gasteiger partial charge in [-0.25, -0.2) is 0 Å². The van der Waals surface area contributed by atoms with Gasteiger partial charge in [0.2, 0.25) is 0 Å². The number of nitrogens with zero attached hydrogens (tertiary/aromatic N) is 5. The quantitative estimate of drug-likeness (QED) is 0.329. The van der Waals surface area contributed by atoms with Crippen LogP contribution in [0.2, 0.25) is 0 Å². The molecule has 2 aromatic heterocycles. The summed E-state index contributed by atoms with van der Waals surface area (Å²) in [6.07, 6.45) is -4.70. The Kier molecular flexibility index (Phi) is 6.23. The maximum atomic E-state index is 12.3. The Bertz CT molecular complexity index is 1140. The number of halogens is 3. The largest absolute Gasteiger partial charge is 0.573 e. The number of benzene rings is 2. The van der Waals surface area contributed by atoms with Crippen molar-refractivity contribution >= 4 is 23.3 Å². The molecule has 0 unspecified atom stereocenters. The molecule has 4 rings (SSSR count). The molecule has 6 nitrogen and oxygen atoms in total. The van der Waals surface area contributed by atoms with Gasteiger partial charge in [0.25, 0.3) is 0 Å². The molecule has 0 aliphatic rings. The molecule has 0 aliphatic heterocycles. The average Bonchev–Trinajstić information content (AvgIpc) is 3.42. The summed E-state index contributed by atoms with van der Waals surface area (Å²) >= 11 is 2.76. The van der Waals surface area contributed by atoms with Crippen LogP contribution in [0.5, 0.6) is 5.75 Å². The van der Waals surface area contributed by atoms with Crippen molar-refractivity contribution in [1.29, 1.82) is 0 Å². The third-order valence-electron chi connectivity index (χ3n) is 4.33. The van der Waals surface area contributed by atoms with Crippen LogP contribution in [-0.2, 0) is 12.3 Å². The summed E-state index contributed by atoms with van der Waals surface area (Å²) in [6, 6.07) is 13.7. The minimum atomic E-state index is -4.70. The summed E-state index contributed by atoms with van der Waals surface area (Å²) in [6.45, 7) is 2.68. The first-order valence-corrected chi connectivity index (χ1v) is 11.0. The first kappa shape index (κ1) is 21.3. The van der Waals surface area contributed by atoms with E-state index < -0.39 is 6.36 Å². The molecule has 0 spiro atoms. The average molecular weight is 464 g/mol. The van der Waals surface area contributed by atoms with E-state index in [9.17, 15) is 13.2 Å². The number of alkyl halides is 3. The molecular weight excluding hydrogens is 447 g/mol. The molecule has 0 atom stereocenters. The number of ether oxygens (including phenoxy) is 1. The summed E-state index contributed by atoms with van der Waals surface area (Å²) in [5.41, 5.74) is 3.53. The Labute approximate surface area is 184 Å². The Hall–Kier alpha value is -2.92. The highest BCUT2D eigenvalue weighted by Gasteiger charge is 2.30. The van der Waals surface area contributed by atoms with Crippen LogP contribution in [-0.4, -0.2) is 30.7 Å². The number of thioether (sulfide) groups is 1. The Morgan fingerprint density at radius 1 is 1.03 bits per heavy atom. The first-order valence-electron chi connectivity index (χ1n) is 9.21. The highest BCUT2D eigenvalue weighted by Crippen LogP contribution is 2.30. The van der Waals surface area contributed by atoms with E-state index in [0.717, 1.165) is 33.4 Å². The van der Waals surface area contributed by atoms with Crippen molar-refractivity contribution in [2.24, 2.45) is 0 Å². The van der Waals surface area contributed by atoms with Crippen LogP contribution in [0.1, 0.15) is 12.5 Å². The standard InChI is InChI=1S/C20H16F3N5OS2/c1-2-28-18(15-5-3-4-14(10-15)17-12-31-27-24-17)25-26-19(28)30-11-13-6-8-16(9-7-13)29-20(21,22)23/h3-10,12H,2,11H2,1H3. The predicted octanol–water partition coefficient (Wildman–Crippen LogP) is 5.67. The smallest absolute Gasteiger partial charge is 0.406 e. The number of rotatable bonds is 7. The van der Waals surface area contributed by atoms with Crippen molar-refractivity contribution in [2.75, 3.05) is 0 Å². The van der Waals surface area contributed by atoms with Gasteiger partial charge in [0.15, 0.2) is 11.0 Å². The van der Waals surface area contributed by atoms with E-state index in [0.29, 0.717) is 12.3 Å². The second-order valence-electron chi connectivity index (χ2n) is 6.40. The molecule has 0 saturated carbocycles. The summed E-state index contributed by atoms with van der Waals surface area (Å²) in [4.78, 5) is 0. The Morgan fingerprint density at radius 2 is 1.81 bits per heavy atom. The molecule has 11 heteroatoms. The van der Waals surface area contributed by atoms with E-state index in [-0.39, 0.29) is 5.75 Å². The molecule has 31 heavy (non-hydrogen) atoms. The van der Waals surface area contributed by atoms with Gasteiger partial charge in [-0.3, -0.25) is 0 Å². The first-order chi connectivity index (χ1) is 14.9. The maximum Gasteiger partial charge on any atom is 0.573 e. The van der Waals surface area contributed by atoms with Crippen LogP contribution < -0.4 is 4.74 Å². The van der Waals surface area contributed by atoms with E-state index in [1.165, 1.54) is 35.4 Å². The van der Waals surface area contributed by atoms with Crippen molar-refractivity contribution in [2.45, 2.75) is 30.7 Å². The summed E-state index contributed by atoms with van der Waals surface area (Å²) in [7, 11) is 0. The Morgan fingerprint density at radius 3 is 2.48 bits per heavy atom. The van der Waals surface area contributed by atoms with Gasteiger partial charge in [0.05, 0.1) is 0 Å². The zero-order valence-electron chi connectivity index (χ0n) is 16.2. The maximum absolute atomic E-state index is 12.3. The zero-order chi connectivity index (χ0) is 21.8. The highest BCUT2D eigenvalue weighted by atomic mass is 32.2. The van der Waals surface area contributed by atoms with Gasteiger partial charge < -0.3 is 9.30 Å². The van der Waals surface area contributed by atoms with Crippen LogP contribution >= 0.6 is 23.3 Å². The fourth-order valence-corrected chi connectivity index (χ4v) is 4.36. The van der Waals surface area contributed by atoms with Crippen molar-refractivity contribution in [3.05, 3.63) is 59.5 Å². The lowest BCUT2D eigenvalue weighted by Crippen LogP contribution is -2.16. The van der Waals surface area contributed by atoms with Crippen molar-refractivity contribution < 1.29 is 17.9 Å². The van der Waals surface area contributed by atoms with E-state index in [1.54, 1.807) is 12.1 Å². The molecule has 2 heterocycles. The van der Waals surface area contributed by atoms with Crippen LogP contribution in [0.25, 0.3) is 22.6 Å². The molecule has 0 amide bonds. The molecule has 0 aliphatic carbocycles. The van der Waals surface area contributed by atoms with E-state index in [2.05, 4.69) is 24.5 Å². The topological polar surface area (TPSA) is 65.7 Å². The van der Waals surface area contributed by atoms with Gasteiger partial charge >= 0.3 is 6.36 Å². The lowest BCUT2D eigenvalue weighted by molar-refractivity contribution is -0.274. The SMILES string of the molecule is CCn1c(SCc2ccc(OC(F)(F)F)cc2)nnc1-c1cccc(-c2csnn2)c1. The summed E-state index contributed by atoms with van der Waals surface area (Å²) < 4.78 is 46.7. The highest BCUT2D eigenvalue weighted by molar-refractivity contribution is 7.98. The van der Waals surface area contributed by atoms with Crippen LogP contribution in [0.4, 0.5) is 13.2 Å². The zero-order valence-corrected chi connectivity index (χ0v) is 17.8. The molecule has 2 aromatic carbocycles. The van der Waals surface area contributed by atoms with Gasteiger partial charge in [-0.2, -0.15) is 0 Å². The molecule has 0 radical (unpaired) electrons. The monoisotopic (exact) mass is 463 g/mol. The minimum absolute atomic E-state index is 0.240. The minimum Gasteiger partial charge on any atom is -0.406 e. The molecule has 160 valence electrons. The van der Waals surface area contributed by atoms with Crippen LogP contribution in [0.3, 0.4) is 0 Å². The van der Waals surface area contributed by atoms with E-state index in [4.69, 9.17) is 0 Å². The van der Waals surface area contributed by atoms with Gasteiger partial charge in [0, 0.05) is 28.8 Å². The molecule has 0 bridgehead atoms. The molecule has 0 fully saturated rings. The fourth-order valence-electron chi connectivity index (χ4n) is 2.94.